The molecule has 20 heavy (non-hydrogen) atoms. The highest BCUT2D eigenvalue weighted by molar-refractivity contribution is 6.31. The lowest BCUT2D eigenvalue weighted by molar-refractivity contribution is -0.155. The maximum absolute atomic E-state index is 11.6. The lowest BCUT2D eigenvalue weighted by Crippen LogP contribution is -2.47. The molecule has 0 aliphatic carbocycles. The maximum atomic E-state index is 11.6. The van der Waals surface area contributed by atoms with Gasteiger partial charge in [0.2, 0.25) is 0 Å². The standard InChI is InChI=1S/C13H17ClN2O4/c1-3-8-4-5-9(6-10(8)14)16-12(19)15-7-13(2,20)11(17)18/h4-6,20H,3,7H2,1-2H3,(H,17,18)(H2,15,16,19). The number of aliphatic carboxylic acids is 1. The normalized spacial score (nSPS) is 13.4. The highest BCUT2D eigenvalue weighted by Crippen LogP contribution is 2.21. The third kappa shape index (κ3) is 4.40. The first-order valence-corrected chi connectivity index (χ1v) is 6.43. The van der Waals surface area contributed by atoms with Gasteiger partial charge in [-0.2, -0.15) is 0 Å². The molecule has 0 radical (unpaired) electrons. The van der Waals surface area contributed by atoms with Gasteiger partial charge >= 0.3 is 12.0 Å². The number of nitrogens with one attached hydrogen (secondary N) is 2. The maximum Gasteiger partial charge on any atom is 0.337 e. The van der Waals surface area contributed by atoms with Crippen molar-refractivity contribution in [3.8, 4) is 0 Å². The van der Waals surface area contributed by atoms with Crippen LogP contribution in [0.3, 0.4) is 0 Å². The van der Waals surface area contributed by atoms with E-state index >= 15 is 0 Å². The molecule has 0 bridgehead atoms. The van der Waals surface area contributed by atoms with Gasteiger partial charge < -0.3 is 20.8 Å². The van der Waals surface area contributed by atoms with Crippen LogP contribution >= 0.6 is 11.6 Å². The zero-order chi connectivity index (χ0) is 15.3. The number of carbonyl (C=O) groups is 2. The molecule has 0 aromatic heterocycles. The molecule has 1 aromatic rings. The summed E-state index contributed by atoms with van der Waals surface area (Å²) >= 11 is 6.01. The van der Waals surface area contributed by atoms with Crippen LogP contribution in [-0.2, 0) is 11.2 Å². The van der Waals surface area contributed by atoms with E-state index in [1.54, 1.807) is 18.2 Å². The number of rotatable bonds is 5. The van der Waals surface area contributed by atoms with Crippen LogP contribution in [0.15, 0.2) is 18.2 Å². The van der Waals surface area contributed by atoms with Gasteiger partial charge in [-0.25, -0.2) is 9.59 Å². The number of carboxylic acid groups (broad SMARTS) is 1. The molecule has 1 rings (SSSR count). The summed E-state index contributed by atoms with van der Waals surface area (Å²) in [6.07, 6.45) is 0.785. The number of amides is 2. The first-order chi connectivity index (χ1) is 9.26. The number of benzene rings is 1. The Bertz CT molecular complexity index is 517. The molecular formula is C13H17ClN2O4. The Labute approximate surface area is 121 Å². The quantitative estimate of drug-likeness (QED) is 0.667. The van der Waals surface area contributed by atoms with Crippen LogP contribution in [0.4, 0.5) is 10.5 Å². The number of carboxylic acids is 1. The molecule has 110 valence electrons. The van der Waals surface area contributed by atoms with Crippen LogP contribution < -0.4 is 10.6 Å². The Balaban J connectivity index is 2.59. The minimum absolute atomic E-state index is 0.408. The molecule has 0 saturated heterocycles. The smallest absolute Gasteiger partial charge is 0.337 e. The first-order valence-electron chi connectivity index (χ1n) is 6.05. The van der Waals surface area contributed by atoms with E-state index in [1.807, 2.05) is 6.92 Å². The average Bonchev–Trinajstić information content (AvgIpc) is 2.36. The summed E-state index contributed by atoms with van der Waals surface area (Å²) < 4.78 is 0. The second kappa shape index (κ2) is 6.58. The molecule has 0 aliphatic heterocycles. The van der Waals surface area contributed by atoms with Crippen LogP contribution in [0, 0.1) is 0 Å². The van der Waals surface area contributed by atoms with Crippen molar-refractivity contribution in [2.24, 2.45) is 0 Å². The minimum atomic E-state index is -2.01. The van der Waals surface area contributed by atoms with Gasteiger partial charge in [-0.15, -0.1) is 0 Å². The lowest BCUT2D eigenvalue weighted by atomic mass is 10.1. The molecule has 2 amide bonds. The van der Waals surface area contributed by atoms with Crippen molar-refractivity contribution in [2.45, 2.75) is 25.9 Å². The zero-order valence-corrected chi connectivity index (χ0v) is 12.0. The number of aryl methyl sites for hydroxylation is 1. The third-order valence-corrected chi connectivity index (χ3v) is 3.10. The van der Waals surface area contributed by atoms with Crippen molar-refractivity contribution < 1.29 is 19.8 Å². The van der Waals surface area contributed by atoms with Gasteiger partial charge in [-0.3, -0.25) is 0 Å². The lowest BCUT2D eigenvalue weighted by Gasteiger charge is -2.18. The van der Waals surface area contributed by atoms with Crippen LogP contribution in [0.5, 0.6) is 0 Å². The van der Waals surface area contributed by atoms with Crippen LogP contribution in [0.2, 0.25) is 5.02 Å². The molecule has 0 saturated carbocycles. The van der Waals surface area contributed by atoms with Gasteiger partial charge in [0.05, 0.1) is 6.54 Å². The monoisotopic (exact) mass is 300 g/mol. The second-order valence-electron chi connectivity index (χ2n) is 4.55. The first kappa shape index (κ1) is 16.3. The molecule has 1 atom stereocenters. The number of hydrogen-bond donors (Lipinski definition) is 4. The number of halogens is 1. The zero-order valence-electron chi connectivity index (χ0n) is 11.2. The fraction of sp³-hybridized carbons (Fsp3) is 0.385. The number of anilines is 1. The van der Waals surface area contributed by atoms with Gasteiger partial charge in [-0.1, -0.05) is 24.6 Å². The summed E-state index contributed by atoms with van der Waals surface area (Å²) in [4.78, 5) is 22.2. The van der Waals surface area contributed by atoms with E-state index in [9.17, 15) is 14.7 Å². The Morgan fingerprint density at radius 2 is 2.05 bits per heavy atom. The van der Waals surface area contributed by atoms with Gasteiger partial charge in [0.15, 0.2) is 5.60 Å². The molecule has 7 heteroatoms. The van der Waals surface area contributed by atoms with Gasteiger partial charge in [-0.05, 0) is 31.0 Å². The minimum Gasteiger partial charge on any atom is -0.479 e. The summed E-state index contributed by atoms with van der Waals surface area (Å²) in [5.41, 5.74) is -0.563. The number of urea groups is 1. The number of hydrogen-bond acceptors (Lipinski definition) is 3. The largest absolute Gasteiger partial charge is 0.479 e. The molecule has 0 fully saturated rings. The third-order valence-electron chi connectivity index (χ3n) is 2.75. The van der Waals surface area contributed by atoms with Crippen molar-refractivity contribution in [3.05, 3.63) is 28.8 Å². The Hall–Kier alpha value is -1.79. The number of carbonyl (C=O) groups excluding carboxylic acids is 1. The summed E-state index contributed by atoms with van der Waals surface area (Å²) in [6, 6.07) is 4.48. The average molecular weight is 301 g/mol. The fourth-order valence-corrected chi connectivity index (χ4v) is 1.73. The highest BCUT2D eigenvalue weighted by Gasteiger charge is 2.30. The summed E-state index contributed by atoms with van der Waals surface area (Å²) in [7, 11) is 0. The number of aliphatic hydroxyl groups is 1. The van der Waals surface area contributed by atoms with Crippen molar-refractivity contribution >= 4 is 29.3 Å². The van der Waals surface area contributed by atoms with Gasteiger partial charge in [0, 0.05) is 10.7 Å². The van der Waals surface area contributed by atoms with Crippen molar-refractivity contribution in [2.75, 3.05) is 11.9 Å². The predicted molar refractivity (Wildman–Crippen MR) is 76.1 cm³/mol. The topological polar surface area (TPSA) is 98.7 Å². The van der Waals surface area contributed by atoms with Gasteiger partial charge in [0.25, 0.3) is 0 Å². The Kier molecular flexibility index (Phi) is 5.35. The molecule has 0 heterocycles. The van der Waals surface area contributed by atoms with Crippen LogP contribution in [0.1, 0.15) is 19.4 Å². The summed E-state index contributed by atoms with van der Waals surface area (Å²) in [5, 5.41) is 23.5. The van der Waals surface area contributed by atoms with Crippen molar-refractivity contribution in [1.29, 1.82) is 0 Å². The van der Waals surface area contributed by atoms with E-state index < -0.39 is 24.1 Å². The molecule has 6 nitrogen and oxygen atoms in total. The van der Waals surface area contributed by atoms with E-state index in [0.717, 1.165) is 18.9 Å². The molecular weight excluding hydrogens is 284 g/mol. The molecule has 4 N–H and O–H groups in total. The fourth-order valence-electron chi connectivity index (χ4n) is 1.42. The molecule has 0 aliphatic rings. The SMILES string of the molecule is CCc1ccc(NC(=O)NCC(C)(O)C(=O)O)cc1Cl. The molecule has 1 unspecified atom stereocenters. The Morgan fingerprint density at radius 3 is 2.55 bits per heavy atom. The van der Waals surface area contributed by atoms with E-state index in [1.165, 1.54) is 0 Å². The van der Waals surface area contributed by atoms with E-state index in [2.05, 4.69) is 10.6 Å². The Morgan fingerprint density at radius 1 is 1.40 bits per heavy atom. The summed E-state index contributed by atoms with van der Waals surface area (Å²) in [5.74, 6) is -1.41. The van der Waals surface area contributed by atoms with E-state index in [0.29, 0.717) is 10.7 Å². The van der Waals surface area contributed by atoms with Crippen LogP contribution in [-0.4, -0.2) is 34.4 Å². The predicted octanol–water partition coefficient (Wildman–Crippen LogP) is 1.86. The molecule has 0 spiro atoms. The summed E-state index contributed by atoms with van der Waals surface area (Å²) in [6.45, 7) is 2.66. The van der Waals surface area contributed by atoms with E-state index in [-0.39, 0.29) is 0 Å². The molecule has 1 aromatic carbocycles. The van der Waals surface area contributed by atoms with Crippen LogP contribution in [0.25, 0.3) is 0 Å². The van der Waals surface area contributed by atoms with E-state index in [4.69, 9.17) is 16.7 Å². The highest BCUT2D eigenvalue weighted by atomic mass is 35.5. The van der Waals surface area contributed by atoms with Crippen molar-refractivity contribution in [3.63, 3.8) is 0 Å². The van der Waals surface area contributed by atoms with Crippen molar-refractivity contribution in [1.82, 2.24) is 5.32 Å². The second-order valence-corrected chi connectivity index (χ2v) is 4.95. The van der Waals surface area contributed by atoms with Gasteiger partial charge in [0.1, 0.15) is 0 Å².